The van der Waals surface area contributed by atoms with Crippen molar-refractivity contribution < 1.29 is 9.18 Å². The third-order valence-corrected chi connectivity index (χ3v) is 4.65. The molecule has 1 fully saturated rings. The van der Waals surface area contributed by atoms with Crippen LogP contribution in [0.2, 0.25) is 0 Å². The molecule has 0 spiro atoms. The molecule has 25 heavy (non-hydrogen) atoms. The molecule has 0 bridgehead atoms. The monoisotopic (exact) mass is 342 g/mol. The van der Waals surface area contributed by atoms with E-state index in [1.54, 1.807) is 30.6 Å². The molecule has 0 aliphatic carbocycles. The molecule has 1 aliphatic rings. The number of amides is 1. The fraction of sp³-hybridized carbons (Fsp3) is 0.421. The summed E-state index contributed by atoms with van der Waals surface area (Å²) in [7, 11) is 0. The molecule has 132 valence electrons. The van der Waals surface area contributed by atoms with E-state index >= 15 is 0 Å². The van der Waals surface area contributed by atoms with Gasteiger partial charge in [0.1, 0.15) is 5.82 Å². The lowest BCUT2D eigenvalue weighted by Crippen LogP contribution is -2.40. The summed E-state index contributed by atoms with van der Waals surface area (Å²) in [5.74, 6) is 0.0443. The van der Waals surface area contributed by atoms with Gasteiger partial charge in [0.15, 0.2) is 0 Å². The molecular formula is C19H23FN4O. The zero-order chi connectivity index (χ0) is 17.6. The average Bonchev–Trinajstić information content (AvgIpc) is 2.67. The molecule has 6 heteroatoms. The highest BCUT2D eigenvalue weighted by Crippen LogP contribution is 2.23. The second kappa shape index (κ2) is 8.05. The first-order chi connectivity index (χ1) is 12.2. The summed E-state index contributed by atoms with van der Waals surface area (Å²) in [5.41, 5.74) is 0.831. The van der Waals surface area contributed by atoms with Gasteiger partial charge in [0.2, 0.25) is 5.95 Å². The number of halogens is 1. The van der Waals surface area contributed by atoms with Crippen molar-refractivity contribution >= 4 is 11.9 Å². The molecule has 1 aliphatic heterocycles. The molecule has 0 radical (unpaired) electrons. The van der Waals surface area contributed by atoms with Crippen LogP contribution in [0.5, 0.6) is 0 Å². The fourth-order valence-corrected chi connectivity index (χ4v) is 3.19. The van der Waals surface area contributed by atoms with Crippen molar-refractivity contribution in [1.82, 2.24) is 15.3 Å². The van der Waals surface area contributed by atoms with Crippen LogP contribution in [-0.4, -0.2) is 28.5 Å². The van der Waals surface area contributed by atoms with Gasteiger partial charge >= 0.3 is 0 Å². The number of carbonyl (C=O) groups is 1. The standard InChI is InChI=1S/C19H23FN4O/c1-2-16-8-5-6-10-24(16)19-22-12-15(13-23-19)18(25)21-11-14-7-3-4-9-17(14)20/h3-4,7,9,12-13,16H,2,5-6,8,10-11H2,1H3,(H,21,25). The molecule has 2 heterocycles. The van der Waals surface area contributed by atoms with Crippen LogP contribution in [0.15, 0.2) is 36.7 Å². The van der Waals surface area contributed by atoms with Crippen LogP contribution in [0.1, 0.15) is 48.5 Å². The molecule has 1 amide bonds. The third kappa shape index (κ3) is 4.13. The maximum Gasteiger partial charge on any atom is 0.254 e. The normalized spacial score (nSPS) is 17.4. The lowest BCUT2D eigenvalue weighted by Gasteiger charge is -2.35. The largest absolute Gasteiger partial charge is 0.348 e. The van der Waals surface area contributed by atoms with E-state index in [-0.39, 0.29) is 18.3 Å². The van der Waals surface area contributed by atoms with Crippen LogP contribution >= 0.6 is 0 Å². The van der Waals surface area contributed by atoms with E-state index in [1.165, 1.54) is 12.5 Å². The summed E-state index contributed by atoms with van der Waals surface area (Å²) in [6.45, 7) is 3.27. The summed E-state index contributed by atoms with van der Waals surface area (Å²) in [5, 5.41) is 2.70. The zero-order valence-corrected chi connectivity index (χ0v) is 14.4. The molecule has 1 aromatic heterocycles. The van der Waals surface area contributed by atoms with Gasteiger partial charge in [0, 0.05) is 37.1 Å². The van der Waals surface area contributed by atoms with Crippen LogP contribution in [0.3, 0.4) is 0 Å². The van der Waals surface area contributed by atoms with Crippen molar-refractivity contribution in [2.24, 2.45) is 0 Å². The Kier molecular flexibility index (Phi) is 5.58. The fourth-order valence-electron chi connectivity index (χ4n) is 3.19. The van der Waals surface area contributed by atoms with Crippen molar-refractivity contribution in [3.63, 3.8) is 0 Å². The lowest BCUT2D eigenvalue weighted by atomic mass is 10.0. The quantitative estimate of drug-likeness (QED) is 0.906. The Morgan fingerprint density at radius 3 is 2.76 bits per heavy atom. The number of hydrogen-bond donors (Lipinski definition) is 1. The number of aromatic nitrogens is 2. The van der Waals surface area contributed by atoms with Crippen molar-refractivity contribution in [2.75, 3.05) is 11.4 Å². The predicted molar refractivity (Wildman–Crippen MR) is 94.9 cm³/mol. The van der Waals surface area contributed by atoms with Crippen LogP contribution in [-0.2, 0) is 6.54 Å². The molecule has 2 aromatic rings. The number of rotatable bonds is 5. The van der Waals surface area contributed by atoms with Crippen molar-refractivity contribution in [2.45, 2.75) is 45.2 Å². The Balaban J connectivity index is 1.63. The Labute approximate surface area is 147 Å². The van der Waals surface area contributed by atoms with Gasteiger partial charge in [0.25, 0.3) is 5.91 Å². The van der Waals surface area contributed by atoms with Gasteiger partial charge in [0.05, 0.1) is 5.56 Å². The highest BCUT2D eigenvalue weighted by atomic mass is 19.1. The van der Waals surface area contributed by atoms with Gasteiger partial charge in [-0.2, -0.15) is 0 Å². The number of piperidine rings is 1. The SMILES string of the molecule is CCC1CCCCN1c1ncc(C(=O)NCc2ccccc2F)cn1. The summed E-state index contributed by atoms with van der Waals surface area (Å²) >= 11 is 0. The zero-order valence-electron chi connectivity index (χ0n) is 14.4. The van der Waals surface area contributed by atoms with E-state index < -0.39 is 0 Å². The van der Waals surface area contributed by atoms with Crippen LogP contribution in [0.4, 0.5) is 10.3 Å². The van der Waals surface area contributed by atoms with Crippen molar-refractivity contribution in [1.29, 1.82) is 0 Å². The first kappa shape index (κ1) is 17.3. The number of nitrogens with zero attached hydrogens (tertiary/aromatic N) is 3. The van der Waals surface area contributed by atoms with E-state index in [0.717, 1.165) is 25.8 Å². The number of carbonyl (C=O) groups excluding carboxylic acids is 1. The van der Waals surface area contributed by atoms with Crippen LogP contribution < -0.4 is 10.2 Å². The molecule has 1 unspecified atom stereocenters. The number of nitrogens with one attached hydrogen (secondary N) is 1. The minimum Gasteiger partial charge on any atom is -0.348 e. The minimum atomic E-state index is -0.329. The Hall–Kier alpha value is -2.50. The molecule has 0 saturated carbocycles. The molecule has 3 rings (SSSR count). The maximum absolute atomic E-state index is 13.6. The number of hydrogen-bond acceptors (Lipinski definition) is 4. The molecule has 1 N–H and O–H groups in total. The highest BCUT2D eigenvalue weighted by molar-refractivity contribution is 5.93. The number of anilines is 1. The molecule has 5 nitrogen and oxygen atoms in total. The third-order valence-electron chi connectivity index (χ3n) is 4.65. The smallest absolute Gasteiger partial charge is 0.254 e. The van der Waals surface area contributed by atoms with E-state index in [9.17, 15) is 9.18 Å². The predicted octanol–water partition coefficient (Wildman–Crippen LogP) is 3.31. The number of benzene rings is 1. The topological polar surface area (TPSA) is 58.1 Å². The maximum atomic E-state index is 13.6. The van der Waals surface area contributed by atoms with Gasteiger partial charge in [-0.15, -0.1) is 0 Å². The van der Waals surface area contributed by atoms with Gasteiger partial charge in [-0.3, -0.25) is 4.79 Å². The minimum absolute atomic E-state index is 0.136. The average molecular weight is 342 g/mol. The highest BCUT2D eigenvalue weighted by Gasteiger charge is 2.23. The van der Waals surface area contributed by atoms with E-state index in [0.29, 0.717) is 23.1 Å². The summed E-state index contributed by atoms with van der Waals surface area (Å²) in [6.07, 6.45) is 7.69. The lowest BCUT2D eigenvalue weighted by molar-refractivity contribution is 0.0950. The second-order valence-corrected chi connectivity index (χ2v) is 6.30. The molecule has 1 atom stereocenters. The summed E-state index contributed by atoms with van der Waals surface area (Å²) < 4.78 is 13.6. The molecular weight excluding hydrogens is 319 g/mol. The Bertz CT molecular complexity index is 720. The van der Waals surface area contributed by atoms with Gasteiger partial charge < -0.3 is 10.2 Å². The summed E-state index contributed by atoms with van der Waals surface area (Å²) in [4.78, 5) is 23.2. The van der Waals surface area contributed by atoms with Gasteiger partial charge in [-0.1, -0.05) is 25.1 Å². The Morgan fingerprint density at radius 2 is 2.04 bits per heavy atom. The van der Waals surface area contributed by atoms with Crippen molar-refractivity contribution in [3.8, 4) is 0 Å². The van der Waals surface area contributed by atoms with E-state index in [4.69, 9.17) is 0 Å². The van der Waals surface area contributed by atoms with Crippen LogP contribution in [0.25, 0.3) is 0 Å². The van der Waals surface area contributed by atoms with E-state index in [2.05, 4.69) is 27.1 Å². The Morgan fingerprint density at radius 1 is 1.28 bits per heavy atom. The first-order valence-corrected chi connectivity index (χ1v) is 8.79. The second-order valence-electron chi connectivity index (χ2n) is 6.30. The van der Waals surface area contributed by atoms with E-state index in [1.807, 2.05) is 0 Å². The molecule has 1 aromatic carbocycles. The molecule has 1 saturated heterocycles. The summed E-state index contributed by atoms with van der Waals surface area (Å²) in [6, 6.07) is 6.86. The van der Waals surface area contributed by atoms with Gasteiger partial charge in [-0.05, 0) is 31.7 Å². The van der Waals surface area contributed by atoms with Crippen molar-refractivity contribution in [3.05, 3.63) is 53.6 Å². The van der Waals surface area contributed by atoms with Crippen LogP contribution in [0, 0.1) is 5.82 Å². The van der Waals surface area contributed by atoms with Gasteiger partial charge in [-0.25, -0.2) is 14.4 Å². The first-order valence-electron chi connectivity index (χ1n) is 8.79.